The minimum absolute atomic E-state index is 0.200. The van der Waals surface area contributed by atoms with E-state index in [-0.39, 0.29) is 6.10 Å². The monoisotopic (exact) mass is 285 g/mol. The average molecular weight is 285 g/mol. The van der Waals surface area contributed by atoms with Gasteiger partial charge < -0.3 is 14.8 Å². The van der Waals surface area contributed by atoms with Crippen LogP contribution in [-0.2, 0) is 9.47 Å². The Labute approximate surface area is 125 Å². The molecule has 1 saturated carbocycles. The van der Waals surface area contributed by atoms with Crippen LogP contribution in [0.1, 0.15) is 66.2 Å². The van der Waals surface area contributed by atoms with Crippen molar-refractivity contribution in [3.05, 3.63) is 0 Å². The lowest BCUT2D eigenvalue weighted by molar-refractivity contribution is -0.0791. The van der Waals surface area contributed by atoms with Crippen LogP contribution < -0.4 is 5.32 Å². The molecule has 0 aromatic rings. The van der Waals surface area contributed by atoms with Gasteiger partial charge in [-0.3, -0.25) is 0 Å². The summed E-state index contributed by atoms with van der Waals surface area (Å²) in [5.74, 6) is 0.851. The second-order valence-corrected chi connectivity index (χ2v) is 6.17. The van der Waals surface area contributed by atoms with Gasteiger partial charge in [0.25, 0.3) is 0 Å². The number of nitrogens with one attached hydrogen (secondary N) is 1. The van der Waals surface area contributed by atoms with Gasteiger partial charge in [0.2, 0.25) is 0 Å². The van der Waals surface area contributed by atoms with Gasteiger partial charge in [-0.05, 0) is 52.0 Å². The van der Waals surface area contributed by atoms with Gasteiger partial charge in [0.1, 0.15) is 0 Å². The van der Waals surface area contributed by atoms with Crippen molar-refractivity contribution in [3.63, 3.8) is 0 Å². The first-order valence-corrected chi connectivity index (χ1v) is 8.67. The van der Waals surface area contributed by atoms with Gasteiger partial charge in [0.15, 0.2) is 0 Å². The molecule has 0 amide bonds. The molecule has 0 heterocycles. The van der Waals surface area contributed by atoms with E-state index in [1.165, 1.54) is 38.5 Å². The van der Waals surface area contributed by atoms with Gasteiger partial charge >= 0.3 is 0 Å². The Morgan fingerprint density at radius 2 is 1.95 bits per heavy atom. The molecule has 120 valence electrons. The Hall–Kier alpha value is -0.120. The summed E-state index contributed by atoms with van der Waals surface area (Å²) in [6.07, 6.45) is 8.22. The highest BCUT2D eigenvalue weighted by Gasteiger charge is 2.31. The number of hydrogen-bond acceptors (Lipinski definition) is 3. The molecular weight excluding hydrogens is 250 g/mol. The molecule has 0 aliphatic heterocycles. The summed E-state index contributed by atoms with van der Waals surface area (Å²) in [5.41, 5.74) is 0. The van der Waals surface area contributed by atoms with E-state index < -0.39 is 0 Å². The second kappa shape index (κ2) is 10.6. The van der Waals surface area contributed by atoms with Crippen LogP contribution in [0.2, 0.25) is 0 Å². The van der Waals surface area contributed by atoms with Crippen LogP contribution in [0.25, 0.3) is 0 Å². The molecule has 1 aliphatic carbocycles. The standard InChI is InChI=1S/C17H35NO2/c1-5-8-15-9-10-16(18-11-6-2)17(12-15)20-14(4)13-19-7-3/h14-18H,5-13H2,1-4H3. The highest BCUT2D eigenvalue weighted by Crippen LogP contribution is 2.30. The van der Waals surface area contributed by atoms with E-state index in [0.29, 0.717) is 18.8 Å². The first-order valence-electron chi connectivity index (χ1n) is 8.67. The van der Waals surface area contributed by atoms with E-state index in [0.717, 1.165) is 19.1 Å². The summed E-state index contributed by atoms with van der Waals surface area (Å²) in [4.78, 5) is 0. The van der Waals surface area contributed by atoms with Gasteiger partial charge in [0.05, 0.1) is 18.8 Å². The largest absolute Gasteiger partial charge is 0.379 e. The Bertz CT molecular complexity index is 235. The van der Waals surface area contributed by atoms with Crippen LogP contribution in [0.3, 0.4) is 0 Å². The summed E-state index contributed by atoms with van der Waals surface area (Å²) in [5, 5.41) is 3.68. The van der Waals surface area contributed by atoms with Gasteiger partial charge in [-0.15, -0.1) is 0 Å². The Kier molecular flexibility index (Phi) is 9.49. The van der Waals surface area contributed by atoms with Crippen molar-refractivity contribution in [3.8, 4) is 0 Å². The normalized spacial score (nSPS) is 28.5. The van der Waals surface area contributed by atoms with Crippen LogP contribution in [0.15, 0.2) is 0 Å². The zero-order chi connectivity index (χ0) is 14.8. The summed E-state index contributed by atoms with van der Waals surface area (Å²) in [7, 11) is 0. The van der Waals surface area contributed by atoms with Crippen LogP contribution in [0.4, 0.5) is 0 Å². The number of hydrogen-bond donors (Lipinski definition) is 1. The molecular formula is C17H35NO2. The minimum Gasteiger partial charge on any atom is -0.379 e. The molecule has 0 saturated heterocycles. The van der Waals surface area contributed by atoms with E-state index in [1.54, 1.807) is 0 Å². The average Bonchev–Trinajstić information content (AvgIpc) is 2.44. The van der Waals surface area contributed by atoms with Crippen LogP contribution in [0, 0.1) is 5.92 Å². The van der Waals surface area contributed by atoms with Crippen molar-refractivity contribution in [2.45, 2.75) is 84.5 Å². The molecule has 1 rings (SSSR count). The van der Waals surface area contributed by atoms with E-state index in [4.69, 9.17) is 9.47 Å². The maximum atomic E-state index is 6.29. The molecule has 0 aromatic heterocycles. The molecule has 4 atom stereocenters. The first-order chi connectivity index (χ1) is 9.71. The van der Waals surface area contributed by atoms with E-state index in [1.807, 2.05) is 6.92 Å². The zero-order valence-electron chi connectivity index (χ0n) is 14.0. The highest BCUT2D eigenvalue weighted by molar-refractivity contribution is 4.86. The molecule has 20 heavy (non-hydrogen) atoms. The summed E-state index contributed by atoms with van der Waals surface area (Å²) in [6, 6.07) is 0.534. The topological polar surface area (TPSA) is 30.5 Å². The lowest BCUT2D eigenvalue weighted by atomic mass is 9.81. The lowest BCUT2D eigenvalue weighted by Crippen LogP contribution is -2.47. The van der Waals surface area contributed by atoms with Crippen molar-refractivity contribution in [2.75, 3.05) is 19.8 Å². The van der Waals surface area contributed by atoms with Crippen LogP contribution >= 0.6 is 0 Å². The van der Waals surface area contributed by atoms with Gasteiger partial charge in [-0.2, -0.15) is 0 Å². The van der Waals surface area contributed by atoms with Crippen molar-refractivity contribution in [1.82, 2.24) is 5.32 Å². The van der Waals surface area contributed by atoms with Crippen molar-refractivity contribution in [2.24, 2.45) is 5.92 Å². The minimum atomic E-state index is 0.200. The van der Waals surface area contributed by atoms with Crippen LogP contribution in [0.5, 0.6) is 0 Å². The lowest BCUT2D eigenvalue weighted by Gasteiger charge is -2.38. The van der Waals surface area contributed by atoms with Gasteiger partial charge in [0, 0.05) is 12.6 Å². The number of ether oxygens (including phenoxy) is 2. The highest BCUT2D eigenvalue weighted by atomic mass is 16.5. The summed E-state index contributed by atoms with van der Waals surface area (Å²) in [6.45, 7) is 11.3. The fraction of sp³-hybridized carbons (Fsp3) is 1.00. The second-order valence-electron chi connectivity index (χ2n) is 6.17. The SMILES string of the molecule is CCCNC1CCC(CCC)CC1OC(C)COCC. The predicted octanol–water partition coefficient (Wildman–Crippen LogP) is 3.77. The number of rotatable bonds is 10. The fourth-order valence-electron chi connectivity index (χ4n) is 3.22. The first kappa shape index (κ1) is 17.9. The summed E-state index contributed by atoms with van der Waals surface area (Å²) >= 11 is 0. The van der Waals surface area contributed by atoms with E-state index >= 15 is 0 Å². The molecule has 4 unspecified atom stereocenters. The molecule has 1 aliphatic rings. The zero-order valence-corrected chi connectivity index (χ0v) is 14.0. The third-order valence-electron chi connectivity index (χ3n) is 4.22. The smallest absolute Gasteiger partial charge is 0.0785 e. The molecule has 1 fully saturated rings. The molecule has 0 aromatic carbocycles. The quantitative estimate of drug-likeness (QED) is 0.663. The third kappa shape index (κ3) is 6.55. The Morgan fingerprint density at radius 1 is 1.15 bits per heavy atom. The molecule has 3 heteroatoms. The Balaban J connectivity index is 2.47. The molecule has 1 N–H and O–H groups in total. The van der Waals surface area contributed by atoms with Crippen molar-refractivity contribution in [1.29, 1.82) is 0 Å². The molecule has 0 radical (unpaired) electrons. The van der Waals surface area contributed by atoms with Gasteiger partial charge in [-0.1, -0.05) is 26.7 Å². The fourth-order valence-corrected chi connectivity index (χ4v) is 3.22. The molecule has 0 bridgehead atoms. The predicted molar refractivity (Wildman–Crippen MR) is 85.2 cm³/mol. The van der Waals surface area contributed by atoms with Crippen molar-refractivity contribution < 1.29 is 9.47 Å². The Morgan fingerprint density at radius 3 is 2.60 bits per heavy atom. The maximum Gasteiger partial charge on any atom is 0.0785 e. The van der Waals surface area contributed by atoms with E-state index in [9.17, 15) is 0 Å². The van der Waals surface area contributed by atoms with Crippen molar-refractivity contribution >= 4 is 0 Å². The summed E-state index contributed by atoms with van der Waals surface area (Å²) < 4.78 is 11.8. The maximum absolute atomic E-state index is 6.29. The van der Waals surface area contributed by atoms with Gasteiger partial charge in [-0.25, -0.2) is 0 Å². The molecule has 3 nitrogen and oxygen atoms in total. The van der Waals surface area contributed by atoms with E-state index in [2.05, 4.69) is 26.1 Å². The molecule has 0 spiro atoms. The van der Waals surface area contributed by atoms with Crippen LogP contribution in [-0.4, -0.2) is 38.0 Å². The third-order valence-corrected chi connectivity index (χ3v) is 4.22.